The minimum Gasteiger partial charge on any atom is -0.439 e. The third-order valence-electron chi connectivity index (χ3n) is 5.29. The first-order chi connectivity index (χ1) is 16.1. The van der Waals surface area contributed by atoms with Gasteiger partial charge in [0.05, 0.1) is 11.4 Å². The van der Waals surface area contributed by atoms with Gasteiger partial charge in [0.2, 0.25) is 15.9 Å². The predicted octanol–water partition coefficient (Wildman–Crippen LogP) is 5.28. The maximum absolute atomic E-state index is 12.5. The molecule has 4 rings (SSSR count). The van der Waals surface area contributed by atoms with Crippen molar-refractivity contribution in [1.82, 2.24) is 19.7 Å². The monoisotopic (exact) mass is 497 g/mol. The van der Waals surface area contributed by atoms with Gasteiger partial charge in [-0.05, 0) is 75.2 Å². The van der Waals surface area contributed by atoms with Crippen LogP contribution in [0.15, 0.2) is 54.6 Å². The molecule has 10 heteroatoms. The first kappa shape index (κ1) is 23.7. The first-order valence-corrected chi connectivity index (χ1v) is 12.5. The number of anilines is 1. The Bertz CT molecular complexity index is 1430. The van der Waals surface area contributed by atoms with Crippen LogP contribution >= 0.6 is 11.6 Å². The molecule has 34 heavy (non-hydrogen) atoms. The molecule has 0 saturated carbocycles. The second-order valence-corrected chi connectivity index (χ2v) is 10.1. The molecule has 0 radical (unpaired) electrons. The van der Waals surface area contributed by atoms with Crippen molar-refractivity contribution in [3.8, 4) is 17.4 Å². The Labute approximate surface area is 203 Å². The van der Waals surface area contributed by atoms with E-state index in [2.05, 4.69) is 19.8 Å². The Morgan fingerprint density at radius 3 is 2.26 bits per heavy atom. The fourth-order valence-electron chi connectivity index (χ4n) is 3.36. The van der Waals surface area contributed by atoms with Crippen molar-refractivity contribution in [3.05, 3.63) is 88.0 Å². The van der Waals surface area contributed by atoms with Crippen LogP contribution in [0.5, 0.6) is 11.6 Å². The molecule has 2 aromatic carbocycles. The highest BCUT2D eigenvalue weighted by atomic mass is 35.5. The Kier molecular flexibility index (Phi) is 6.58. The highest BCUT2D eigenvalue weighted by molar-refractivity contribution is 7.91. The fourth-order valence-corrected chi connectivity index (χ4v) is 4.68. The van der Waals surface area contributed by atoms with Crippen molar-refractivity contribution in [2.75, 3.05) is 4.72 Å². The molecule has 0 fully saturated rings. The Balaban J connectivity index is 1.48. The third kappa shape index (κ3) is 5.55. The lowest BCUT2D eigenvalue weighted by atomic mass is 10.2. The van der Waals surface area contributed by atoms with Crippen molar-refractivity contribution in [1.29, 1.82) is 0 Å². The summed E-state index contributed by atoms with van der Waals surface area (Å²) in [4.78, 5) is 8.83. The van der Waals surface area contributed by atoms with Gasteiger partial charge >= 0.3 is 0 Å². The Morgan fingerprint density at radius 1 is 0.971 bits per heavy atom. The SMILES string of the molecule is Cc1nc(Oc2ccc(NS(=O)(=O)Cc3ccc(Cl)cc3)cc2)cc(-n2nc(C)c(C)c2C)n1. The number of nitrogens with zero attached hydrogens (tertiary/aromatic N) is 4. The average Bonchev–Trinajstić information content (AvgIpc) is 3.03. The molecule has 0 spiro atoms. The van der Waals surface area contributed by atoms with Crippen LogP contribution in [0.3, 0.4) is 0 Å². The van der Waals surface area contributed by atoms with Crippen LogP contribution in [0, 0.1) is 27.7 Å². The minimum absolute atomic E-state index is 0.156. The zero-order valence-electron chi connectivity index (χ0n) is 19.2. The topological polar surface area (TPSA) is 99.0 Å². The highest BCUT2D eigenvalue weighted by Gasteiger charge is 2.14. The summed E-state index contributed by atoms with van der Waals surface area (Å²) in [5.41, 5.74) is 4.11. The van der Waals surface area contributed by atoms with Crippen LogP contribution in [0.25, 0.3) is 5.82 Å². The van der Waals surface area contributed by atoms with Crippen LogP contribution in [0.1, 0.15) is 28.3 Å². The van der Waals surface area contributed by atoms with Gasteiger partial charge in [0.1, 0.15) is 11.6 Å². The first-order valence-electron chi connectivity index (χ1n) is 10.5. The van der Waals surface area contributed by atoms with E-state index in [9.17, 15) is 8.42 Å². The number of hydrogen-bond acceptors (Lipinski definition) is 6. The van der Waals surface area contributed by atoms with Gasteiger partial charge in [0, 0.05) is 22.5 Å². The molecule has 176 valence electrons. The molecule has 2 heterocycles. The number of benzene rings is 2. The van der Waals surface area contributed by atoms with E-state index in [1.54, 1.807) is 66.2 Å². The van der Waals surface area contributed by atoms with Gasteiger partial charge in [-0.15, -0.1) is 0 Å². The maximum Gasteiger partial charge on any atom is 0.236 e. The number of aromatic nitrogens is 4. The third-order valence-corrected chi connectivity index (χ3v) is 6.80. The van der Waals surface area contributed by atoms with Gasteiger partial charge in [-0.25, -0.2) is 18.1 Å². The summed E-state index contributed by atoms with van der Waals surface area (Å²) >= 11 is 5.86. The van der Waals surface area contributed by atoms with Crippen molar-refractivity contribution < 1.29 is 13.2 Å². The molecule has 0 atom stereocenters. The Morgan fingerprint density at radius 2 is 1.65 bits per heavy atom. The van der Waals surface area contributed by atoms with Gasteiger partial charge in [-0.1, -0.05) is 23.7 Å². The molecule has 0 unspecified atom stereocenters. The number of aryl methyl sites for hydroxylation is 2. The molecular weight excluding hydrogens is 474 g/mol. The maximum atomic E-state index is 12.5. The number of hydrogen-bond donors (Lipinski definition) is 1. The molecule has 0 bridgehead atoms. The van der Waals surface area contributed by atoms with Crippen LogP contribution in [-0.4, -0.2) is 28.2 Å². The number of halogens is 1. The summed E-state index contributed by atoms with van der Waals surface area (Å²) in [7, 11) is -3.58. The molecule has 4 aromatic rings. The van der Waals surface area contributed by atoms with Crippen LogP contribution in [-0.2, 0) is 15.8 Å². The molecule has 1 N–H and O–H groups in total. The Hall–Kier alpha value is -3.43. The van der Waals surface area contributed by atoms with Crippen molar-refractivity contribution in [2.45, 2.75) is 33.4 Å². The summed E-state index contributed by atoms with van der Waals surface area (Å²) in [5, 5.41) is 5.10. The number of ether oxygens (including phenoxy) is 1. The predicted molar refractivity (Wildman–Crippen MR) is 132 cm³/mol. The molecule has 0 saturated heterocycles. The van der Waals surface area contributed by atoms with Gasteiger partial charge in [0.25, 0.3) is 0 Å². The quantitative estimate of drug-likeness (QED) is 0.372. The normalized spacial score (nSPS) is 11.4. The summed E-state index contributed by atoms with van der Waals surface area (Å²) < 4.78 is 35.2. The summed E-state index contributed by atoms with van der Waals surface area (Å²) in [5.74, 6) is 1.88. The summed E-state index contributed by atoms with van der Waals surface area (Å²) in [6.45, 7) is 7.74. The fraction of sp³-hybridized carbons (Fsp3) is 0.208. The number of rotatable bonds is 7. The zero-order valence-corrected chi connectivity index (χ0v) is 20.8. The molecule has 0 aliphatic heterocycles. The molecular formula is C24H24ClN5O3S. The van der Waals surface area contributed by atoms with Crippen molar-refractivity contribution >= 4 is 27.3 Å². The lowest BCUT2D eigenvalue weighted by Gasteiger charge is -2.11. The zero-order chi connectivity index (χ0) is 24.5. The van der Waals surface area contributed by atoms with Gasteiger partial charge in [-0.2, -0.15) is 10.1 Å². The molecule has 0 amide bonds. The van der Waals surface area contributed by atoms with E-state index >= 15 is 0 Å². The van der Waals surface area contributed by atoms with E-state index in [-0.39, 0.29) is 5.75 Å². The van der Waals surface area contributed by atoms with Gasteiger partial charge in [-0.3, -0.25) is 4.72 Å². The van der Waals surface area contributed by atoms with Crippen LogP contribution in [0.4, 0.5) is 5.69 Å². The lowest BCUT2D eigenvalue weighted by Crippen LogP contribution is -2.14. The molecule has 0 aliphatic carbocycles. The van der Waals surface area contributed by atoms with E-state index in [1.165, 1.54) is 0 Å². The summed E-state index contributed by atoms with van der Waals surface area (Å²) in [6.07, 6.45) is 0. The van der Waals surface area contributed by atoms with Gasteiger partial charge in [0.15, 0.2) is 5.82 Å². The molecule has 0 aliphatic rings. The molecule has 2 aromatic heterocycles. The number of nitrogens with one attached hydrogen (secondary N) is 1. The van der Waals surface area contributed by atoms with E-state index in [0.717, 1.165) is 17.0 Å². The minimum atomic E-state index is -3.58. The summed E-state index contributed by atoms with van der Waals surface area (Å²) in [6, 6.07) is 15.0. The lowest BCUT2D eigenvalue weighted by molar-refractivity contribution is 0.459. The van der Waals surface area contributed by atoms with Crippen LogP contribution in [0.2, 0.25) is 5.02 Å². The van der Waals surface area contributed by atoms with Gasteiger partial charge < -0.3 is 4.74 Å². The van der Waals surface area contributed by atoms with E-state index in [0.29, 0.717) is 39.5 Å². The van der Waals surface area contributed by atoms with Crippen molar-refractivity contribution in [3.63, 3.8) is 0 Å². The van der Waals surface area contributed by atoms with E-state index in [4.69, 9.17) is 16.3 Å². The largest absolute Gasteiger partial charge is 0.439 e. The second-order valence-electron chi connectivity index (χ2n) is 7.93. The smallest absolute Gasteiger partial charge is 0.236 e. The standard InChI is InChI=1S/C24H24ClN5O3S/c1-15-16(2)28-30(17(15)3)23-13-24(27-18(4)26-23)33-22-11-9-21(10-12-22)29-34(31,32)14-19-5-7-20(25)8-6-19/h5-13,29H,14H2,1-4H3. The molecule has 8 nitrogen and oxygen atoms in total. The average molecular weight is 498 g/mol. The number of sulfonamides is 1. The van der Waals surface area contributed by atoms with Crippen LogP contribution < -0.4 is 9.46 Å². The van der Waals surface area contributed by atoms with Crippen molar-refractivity contribution in [2.24, 2.45) is 0 Å². The second kappa shape index (κ2) is 9.44. The highest BCUT2D eigenvalue weighted by Crippen LogP contribution is 2.25. The van der Waals surface area contributed by atoms with E-state index in [1.807, 2.05) is 20.8 Å². The van der Waals surface area contributed by atoms with E-state index < -0.39 is 10.0 Å².